The van der Waals surface area contributed by atoms with Crippen LogP contribution in [0.25, 0.3) is 10.9 Å². The van der Waals surface area contributed by atoms with Crippen LogP contribution in [0, 0.1) is 0 Å². The first-order valence-corrected chi connectivity index (χ1v) is 6.84. The van der Waals surface area contributed by atoms with E-state index in [1.807, 2.05) is 6.92 Å². The molecule has 92 valence electrons. The van der Waals surface area contributed by atoms with E-state index in [4.69, 9.17) is 9.88 Å². The van der Waals surface area contributed by atoms with Gasteiger partial charge in [0.25, 0.3) is 0 Å². The maximum Gasteiger partial charge on any atom is 0.240 e. The van der Waals surface area contributed by atoms with Crippen LogP contribution in [0.15, 0.2) is 29.3 Å². The lowest BCUT2D eigenvalue weighted by atomic mass is 10.2. The van der Waals surface area contributed by atoms with Gasteiger partial charge in [0.15, 0.2) is 0 Å². The maximum atomic E-state index is 11.4. The molecule has 0 radical (unpaired) electrons. The van der Waals surface area contributed by atoms with Gasteiger partial charge in [0.05, 0.1) is 17.5 Å². The van der Waals surface area contributed by atoms with E-state index >= 15 is 0 Å². The molecule has 17 heavy (non-hydrogen) atoms. The van der Waals surface area contributed by atoms with Crippen LogP contribution in [0.4, 0.5) is 0 Å². The summed E-state index contributed by atoms with van der Waals surface area (Å²) in [5.74, 6) is 0.537. The molecule has 0 saturated carbocycles. The van der Waals surface area contributed by atoms with Crippen molar-refractivity contribution in [2.75, 3.05) is 6.61 Å². The number of rotatable bonds is 4. The van der Waals surface area contributed by atoms with Gasteiger partial charge >= 0.3 is 0 Å². The molecule has 2 aromatic rings. The first-order chi connectivity index (χ1) is 8.04. The number of ether oxygens (including phenoxy) is 1. The summed E-state index contributed by atoms with van der Waals surface area (Å²) in [6.07, 6.45) is 2.24. The lowest BCUT2D eigenvalue weighted by Gasteiger charge is -2.07. The van der Waals surface area contributed by atoms with Crippen molar-refractivity contribution in [3.05, 3.63) is 24.4 Å². The number of hydrogen-bond donors (Lipinski definition) is 2. The second-order valence-corrected chi connectivity index (χ2v) is 5.25. The Balaban J connectivity index is 2.64. The topological polar surface area (TPSA) is 85.2 Å². The van der Waals surface area contributed by atoms with Gasteiger partial charge in [0.2, 0.25) is 10.0 Å². The zero-order valence-corrected chi connectivity index (χ0v) is 10.3. The van der Waals surface area contributed by atoms with E-state index in [1.54, 1.807) is 18.2 Å². The molecule has 0 spiro atoms. The van der Waals surface area contributed by atoms with Crippen LogP contribution in [-0.4, -0.2) is 20.0 Å². The second-order valence-electron chi connectivity index (χ2n) is 3.73. The van der Waals surface area contributed by atoms with Crippen molar-refractivity contribution in [3.63, 3.8) is 0 Å². The highest BCUT2D eigenvalue weighted by molar-refractivity contribution is 7.89. The number of aromatic amines is 1. The first kappa shape index (κ1) is 11.9. The normalized spacial score (nSPS) is 11.9. The van der Waals surface area contributed by atoms with Gasteiger partial charge in [0, 0.05) is 6.20 Å². The first-order valence-electron chi connectivity index (χ1n) is 5.29. The molecule has 6 heteroatoms. The van der Waals surface area contributed by atoms with Gasteiger partial charge in [-0.25, -0.2) is 13.6 Å². The fraction of sp³-hybridized carbons (Fsp3) is 0.273. The number of sulfonamides is 1. The summed E-state index contributed by atoms with van der Waals surface area (Å²) in [7, 11) is -3.74. The fourth-order valence-corrected chi connectivity index (χ4v) is 2.40. The molecule has 0 fully saturated rings. The molecule has 1 aromatic heterocycles. The molecule has 1 heterocycles. The fourth-order valence-electron chi connectivity index (χ4n) is 1.68. The largest absolute Gasteiger partial charge is 0.493 e. The highest BCUT2D eigenvalue weighted by atomic mass is 32.2. The van der Waals surface area contributed by atoms with Gasteiger partial charge in [-0.2, -0.15) is 0 Å². The molecule has 0 aliphatic rings. The Hall–Kier alpha value is -1.53. The van der Waals surface area contributed by atoms with Gasteiger partial charge in [-0.3, -0.25) is 0 Å². The van der Waals surface area contributed by atoms with E-state index in [2.05, 4.69) is 4.98 Å². The summed E-state index contributed by atoms with van der Waals surface area (Å²) >= 11 is 0. The minimum Gasteiger partial charge on any atom is -0.493 e. The number of benzene rings is 1. The number of H-pyrrole nitrogens is 1. The summed E-state index contributed by atoms with van der Waals surface area (Å²) < 4.78 is 28.4. The van der Waals surface area contributed by atoms with Crippen molar-refractivity contribution in [1.29, 1.82) is 0 Å². The average Bonchev–Trinajstić information content (AvgIpc) is 2.69. The molecular weight excluding hydrogens is 240 g/mol. The van der Waals surface area contributed by atoms with E-state index in [-0.39, 0.29) is 4.90 Å². The number of nitrogens with one attached hydrogen (secondary N) is 1. The molecule has 0 atom stereocenters. The van der Waals surface area contributed by atoms with Crippen molar-refractivity contribution >= 4 is 20.9 Å². The predicted octanol–water partition coefficient (Wildman–Crippen LogP) is 1.60. The molecule has 0 aliphatic heterocycles. The Kier molecular flexibility index (Phi) is 3.08. The summed E-state index contributed by atoms with van der Waals surface area (Å²) in [6, 6.07) is 5.32. The van der Waals surface area contributed by atoms with E-state index in [0.29, 0.717) is 23.3 Å². The van der Waals surface area contributed by atoms with Gasteiger partial charge in [-0.1, -0.05) is 13.0 Å². The molecule has 0 saturated heterocycles. The maximum absolute atomic E-state index is 11.4. The predicted molar refractivity (Wildman–Crippen MR) is 65.5 cm³/mol. The number of primary sulfonamides is 1. The van der Waals surface area contributed by atoms with Crippen LogP contribution in [0.2, 0.25) is 0 Å². The molecule has 5 nitrogen and oxygen atoms in total. The SMILES string of the molecule is CCCOc1cccc2[nH]cc(S(N)(=O)=O)c12. The van der Waals surface area contributed by atoms with Crippen LogP contribution < -0.4 is 9.88 Å². The lowest BCUT2D eigenvalue weighted by Crippen LogP contribution is -2.11. The van der Waals surface area contributed by atoms with E-state index in [1.165, 1.54) is 6.20 Å². The molecule has 3 N–H and O–H groups in total. The van der Waals surface area contributed by atoms with Crippen LogP contribution >= 0.6 is 0 Å². The van der Waals surface area contributed by atoms with Crippen molar-refractivity contribution in [2.24, 2.45) is 5.14 Å². The van der Waals surface area contributed by atoms with Crippen molar-refractivity contribution < 1.29 is 13.2 Å². The summed E-state index contributed by atoms with van der Waals surface area (Å²) in [4.78, 5) is 2.94. The smallest absolute Gasteiger partial charge is 0.240 e. The van der Waals surface area contributed by atoms with Gasteiger partial charge in [-0.15, -0.1) is 0 Å². The standard InChI is InChI=1S/C11H14N2O3S/c1-2-6-16-9-5-3-4-8-11(9)10(7-13-8)17(12,14)15/h3-5,7,13H,2,6H2,1H3,(H2,12,14,15). The van der Waals surface area contributed by atoms with Crippen molar-refractivity contribution in [3.8, 4) is 5.75 Å². The number of nitrogens with two attached hydrogens (primary N) is 1. The van der Waals surface area contributed by atoms with Gasteiger partial charge in [0.1, 0.15) is 10.6 Å². The molecular formula is C11H14N2O3S. The zero-order valence-electron chi connectivity index (χ0n) is 9.43. The Morgan fingerprint density at radius 2 is 2.18 bits per heavy atom. The second kappa shape index (κ2) is 4.38. The quantitative estimate of drug-likeness (QED) is 0.869. The van der Waals surface area contributed by atoms with Crippen molar-refractivity contribution in [1.82, 2.24) is 4.98 Å². The molecule has 0 unspecified atom stereocenters. The monoisotopic (exact) mass is 254 g/mol. The van der Waals surface area contributed by atoms with Crippen LogP contribution in [0.5, 0.6) is 5.75 Å². The highest BCUT2D eigenvalue weighted by Crippen LogP contribution is 2.30. The number of fused-ring (bicyclic) bond motifs is 1. The minimum absolute atomic E-state index is 0.0687. The Morgan fingerprint density at radius 1 is 1.41 bits per heavy atom. The van der Waals surface area contributed by atoms with Crippen LogP contribution in [0.3, 0.4) is 0 Å². The number of aromatic nitrogens is 1. The van der Waals surface area contributed by atoms with Gasteiger partial charge < -0.3 is 9.72 Å². The van der Waals surface area contributed by atoms with Crippen LogP contribution in [-0.2, 0) is 10.0 Å². The Bertz CT molecular complexity index is 631. The summed E-state index contributed by atoms with van der Waals surface area (Å²) in [5.41, 5.74) is 0.697. The minimum atomic E-state index is -3.74. The van der Waals surface area contributed by atoms with E-state index in [9.17, 15) is 8.42 Å². The lowest BCUT2D eigenvalue weighted by molar-refractivity contribution is 0.321. The summed E-state index contributed by atoms with van der Waals surface area (Å²) in [6.45, 7) is 2.52. The van der Waals surface area contributed by atoms with Crippen LogP contribution in [0.1, 0.15) is 13.3 Å². The molecule has 0 amide bonds. The zero-order chi connectivity index (χ0) is 12.5. The Morgan fingerprint density at radius 3 is 2.82 bits per heavy atom. The van der Waals surface area contributed by atoms with Gasteiger partial charge in [-0.05, 0) is 18.6 Å². The van der Waals surface area contributed by atoms with Crippen molar-refractivity contribution in [2.45, 2.75) is 18.2 Å². The number of hydrogen-bond acceptors (Lipinski definition) is 3. The molecule has 1 aromatic carbocycles. The molecule has 2 rings (SSSR count). The Labute approximate surface area is 99.6 Å². The average molecular weight is 254 g/mol. The molecule has 0 bridgehead atoms. The highest BCUT2D eigenvalue weighted by Gasteiger charge is 2.17. The third kappa shape index (κ3) is 2.27. The van der Waals surface area contributed by atoms with E-state index < -0.39 is 10.0 Å². The third-order valence-corrected chi connectivity index (χ3v) is 3.33. The third-order valence-electron chi connectivity index (χ3n) is 2.40. The van der Waals surface area contributed by atoms with E-state index in [0.717, 1.165) is 6.42 Å². The summed E-state index contributed by atoms with van der Waals surface area (Å²) in [5, 5.41) is 5.68. The molecule has 0 aliphatic carbocycles.